The molecule has 0 atom stereocenters. The Morgan fingerprint density at radius 1 is 1.03 bits per heavy atom. The van der Waals surface area contributed by atoms with E-state index in [0.717, 1.165) is 42.6 Å². The Kier molecular flexibility index (Phi) is 8.35. The second-order valence-electron chi connectivity index (χ2n) is 9.55. The summed E-state index contributed by atoms with van der Waals surface area (Å²) in [4.78, 5) is 13.2. The number of hydrogen-bond donors (Lipinski definition) is 0. The van der Waals surface area contributed by atoms with Gasteiger partial charge in [-0.05, 0) is 87.6 Å². The second kappa shape index (κ2) is 10.0. The van der Waals surface area contributed by atoms with Gasteiger partial charge in [-0.1, -0.05) is 26.8 Å². The van der Waals surface area contributed by atoms with Crippen LogP contribution in [-0.4, -0.2) is 31.3 Å². The minimum absolute atomic E-state index is 0.0939. The highest BCUT2D eigenvalue weighted by molar-refractivity contribution is 7.56. The first kappa shape index (κ1) is 25.8. The Balaban J connectivity index is 2.52. The van der Waals surface area contributed by atoms with Crippen molar-refractivity contribution in [1.82, 2.24) is 0 Å². The lowest BCUT2D eigenvalue weighted by molar-refractivity contribution is -0.116. The molecule has 1 aromatic rings. The van der Waals surface area contributed by atoms with Crippen LogP contribution < -0.4 is 4.74 Å². The summed E-state index contributed by atoms with van der Waals surface area (Å²) in [5.41, 5.74) is 4.57. The number of fused-ring (bicyclic) bond motifs is 1. The van der Waals surface area contributed by atoms with E-state index in [9.17, 15) is 9.36 Å². The lowest BCUT2D eigenvalue weighted by atomic mass is 9.78. The maximum atomic E-state index is 13.3. The number of methoxy groups -OCH3 is 1. The molecule has 0 aromatic heterocycles. The summed E-state index contributed by atoms with van der Waals surface area (Å²) in [5, 5.41) is -1.27. The van der Waals surface area contributed by atoms with Crippen LogP contribution >= 0.6 is 7.60 Å². The molecule has 0 spiro atoms. The van der Waals surface area contributed by atoms with Crippen molar-refractivity contribution in [3.8, 4) is 5.75 Å². The van der Waals surface area contributed by atoms with Gasteiger partial charge in [-0.3, -0.25) is 9.36 Å². The van der Waals surface area contributed by atoms with Gasteiger partial charge in [0.15, 0.2) is 5.78 Å². The maximum Gasteiger partial charge on any atom is 0.343 e. The van der Waals surface area contributed by atoms with Gasteiger partial charge in [-0.15, -0.1) is 0 Å². The van der Waals surface area contributed by atoms with Crippen LogP contribution in [0.4, 0.5) is 0 Å². The average Bonchev–Trinajstić information content (AvgIpc) is 2.70. The smallest absolute Gasteiger partial charge is 0.343 e. The van der Waals surface area contributed by atoms with Gasteiger partial charge in [0.05, 0.1) is 20.3 Å². The van der Waals surface area contributed by atoms with Crippen molar-refractivity contribution < 1.29 is 23.1 Å². The Morgan fingerprint density at radius 3 is 2.06 bits per heavy atom. The second-order valence-corrected chi connectivity index (χ2v) is 12.2. The molecule has 31 heavy (non-hydrogen) atoms. The van der Waals surface area contributed by atoms with Crippen molar-refractivity contribution in [1.29, 1.82) is 0 Å². The number of hydrogen-bond acceptors (Lipinski definition) is 5. The zero-order valence-corrected chi connectivity index (χ0v) is 21.4. The summed E-state index contributed by atoms with van der Waals surface area (Å²) < 4.78 is 30.0. The van der Waals surface area contributed by atoms with Gasteiger partial charge >= 0.3 is 7.60 Å². The molecule has 0 amide bonds. The zero-order valence-electron chi connectivity index (χ0n) is 20.5. The third-order valence-electron chi connectivity index (χ3n) is 5.95. The van der Waals surface area contributed by atoms with Gasteiger partial charge in [0, 0.05) is 5.56 Å². The van der Waals surface area contributed by atoms with Crippen LogP contribution in [-0.2, 0) is 36.7 Å². The summed E-state index contributed by atoms with van der Waals surface area (Å²) in [5.74, 6) is 0.707. The first-order valence-corrected chi connectivity index (χ1v) is 12.8. The van der Waals surface area contributed by atoms with E-state index in [-0.39, 0.29) is 24.4 Å². The first-order chi connectivity index (χ1) is 14.4. The molecule has 1 aromatic carbocycles. The van der Waals surface area contributed by atoms with Gasteiger partial charge in [-0.2, -0.15) is 0 Å². The molecule has 174 valence electrons. The number of rotatable bonds is 9. The largest absolute Gasteiger partial charge is 0.496 e. The molecule has 0 saturated heterocycles. The van der Waals surface area contributed by atoms with Crippen molar-refractivity contribution >= 4 is 19.5 Å². The van der Waals surface area contributed by atoms with Crippen molar-refractivity contribution in [2.45, 2.75) is 84.7 Å². The number of allylic oxidation sites excluding steroid dienone is 1. The third kappa shape index (κ3) is 5.32. The molecule has 1 aliphatic rings. The summed E-state index contributed by atoms with van der Waals surface area (Å²) in [7, 11) is -1.86. The van der Waals surface area contributed by atoms with Crippen molar-refractivity contribution in [2.75, 3.05) is 20.3 Å². The maximum absolute atomic E-state index is 13.3. The van der Waals surface area contributed by atoms with Crippen molar-refractivity contribution in [3.05, 3.63) is 34.4 Å². The Morgan fingerprint density at radius 2 is 1.58 bits per heavy atom. The van der Waals surface area contributed by atoms with Gasteiger partial charge in [0.25, 0.3) is 0 Å². The molecule has 5 nitrogen and oxygen atoms in total. The van der Waals surface area contributed by atoms with Gasteiger partial charge in [0.2, 0.25) is 0 Å². The molecule has 0 aliphatic heterocycles. The van der Waals surface area contributed by atoms with E-state index in [0.29, 0.717) is 0 Å². The van der Waals surface area contributed by atoms with Crippen LogP contribution in [0.25, 0.3) is 6.08 Å². The van der Waals surface area contributed by atoms with Crippen LogP contribution in [0.15, 0.2) is 12.1 Å². The standard InChI is InChI=1S/C25H39O5P/c1-9-29-31(27,30-10-2)25(6,7)22(26)16-15-18-17-21(24(3,4)5)23(28-8)20-14-12-11-13-19(18)20/h15-17H,9-14H2,1-8H3. The molecule has 0 fully saturated rings. The van der Waals surface area contributed by atoms with E-state index in [4.69, 9.17) is 13.8 Å². The fourth-order valence-electron chi connectivity index (χ4n) is 4.09. The number of carbonyl (C=O) groups is 1. The number of benzene rings is 1. The van der Waals surface area contributed by atoms with Gasteiger partial charge < -0.3 is 13.8 Å². The van der Waals surface area contributed by atoms with E-state index in [2.05, 4.69) is 26.8 Å². The van der Waals surface area contributed by atoms with Gasteiger partial charge in [-0.25, -0.2) is 0 Å². The highest BCUT2D eigenvalue weighted by atomic mass is 31.2. The van der Waals surface area contributed by atoms with Crippen molar-refractivity contribution in [3.63, 3.8) is 0 Å². The molecular weight excluding hydrogens is 411 g/mol. The Labute approximate surface area is 188 Å². The molecule has 6 heteroatoms. The summed E-state index contributed by atoms with van der Waals surface area (Å²) in [6, 6.07) is 2.14. The van der Waals surface area contributed by atoms with E-state index in [1.54, 1.807) is 34.8 Å². The van der Waals surface area contributed by atoms with Crippen LogP contribution in [0.5, 0.6) is 5.75 Å². The fraction of sp³-hybridized carbons (Fsp3) is 0.640. The number of carbonyl (C=O) groups excluding carboxylic acids is 1. The molecular formula is C25H39O5P. The lowest BCUT2D eigenvalue weighted by Crippen LogP contribution is -2.32. The third-order valence-corrected chi connectivity index (χ3v) is 8.73. The Hall–Kier alpha value is -1.42. The topological polar surface area (TPSA) is 61.8 Å². The predicted octanol–water partition coefficient (Wildman–Crippen LogP) is 6.50. The van der Waals surface area contributed by atoms with Crippen LogP contribution in [0.1, 0.15) is 83.6 Å². The Bertz CT molecular complexity index is 867. The molecule has 0 radical (unpaired) electrons. The van der Waals surface area contributed by atoms with Crippen molar-refractivity contribution in [2.24, 2.45) is 0 Å². The predicted molar refractivity (Wildman–Crippen MR) is 127 cm³/mol. The van der Waals surface area contributed by atoms with E-state index in [1.807, 2.05) is 6.08 Å². The molecule has 0 bridgehead atoms. The minimum Gasteiger partial charge on any atom is -0.496 e. The highest BCUT2D eigenvalue weighted by Crippen LogP contribution is 2.60. The fourth-order valence-corrected chi connectivity index (χ4v) is 5.83. The molecule has 0 heterocycles. The lowest BCUT2D eigenvalue weighted by Gasteiger charge is -2.30. The van der Waals surface area contributed by atoms with E-state index >= 15 is 0 Å². The molecule has 1 aliphatic carbocycles. The van der Waals surface area contributed by atoms with Crippen LogP contribution in [0.3, 0.4) is 0 Å². The molecule has 0 N–H and O–H groups in total. The normalized spacial score (nSPS) is 15.2. The van der Waals surface area contributed by atoms with E-state index < -0.39 is 12.8 Å². The quantitative estimate of drug-likeness (QED) is 0.317. The van der Waals surface area contributed by atoms with Gasteiger partial charge in [0.1, 0.15) is 10.9 Å². The SMILES string of the molecule is CCOP(=O)(OCC)C(C)(C)C(=O)C=Cc1cc(C(C)(C)C)c(OC)c2c1CCCC2. The monoisotopic (exact) mass is 450 g/mol. The highest BCUT2D eigenvalue weighted by Gasteiger charge is 2.48. The van der Waals surface area contributed by atoms with Crippen LogP contribution in [0.2, 0.25) is 0 Å². The minimum atomic E-state index is -3.59. The molecule has 2 rings (SSSR count). The van der Waals surface area contributed by atoms with Crippen LogP contribution in [0, 0.1) is 0 Å². The summed E-state index contributed by atoms with van der Waals surface area (Å²) in [6.07, 6.45) is 7.60. The van der Waals surface area contributed by atoms with E-state index in [1.165, 1.54) is 17.2 Å². The zero-order chi connectivity index (χ0) is 23.4. The molecule has 0 unspecified atom stereocenters. The summed E-state index contributed by atoms with van der Waals surface area (Å²) in [6.45, 7) is 13.7. The summed E-state index contributed by atoms with van der Waals surface area (Å²) >= 11 is 0. The number of ketones is 1. The molecule has 0 saturated carbocycles. The number of ether oxygens (including phenoxy) is 1. The average molecular weight is 451 g/mol. The first-order valence-electron chi connectivity index (χ1n) is 11.3.